The van der Waals surface area contributed by atoms with Gasteiger partial charge in [-0.3, -0.25) is 9.59 Å². The van der Waals surface area contributed by atoms with Gasteiger partial charge in [0.2, 0.25) is 11.8 Å². The maximum Gasteiger partial charge on any atom is 0.249 e. The standard InChI is InChI=1S/C23H32N2O2/c1-15(2)20(21(26)25(3)19-7-5-4-6-8-19)24-22(27)23-12-16-9-17(13-23)11-18(10-16)14-23/h4-8,15-18,20H,9-14H2,1-3H3,(H,24,27)/t16?,17?,18?,20-,23?/m0/s1. The molecule has 4 heteroatoms. The van der Waals surface area contributed by atoms with Crippen molar-refractivity contribution in [1.82, 2.24) is 5.32 Å². The van der Waals surface area contributed by atoms with Gasteiger partial charge in [-0.05, 0) is 74.3 Å². The van der Waals surface area contributed by atoms with Crippen LogP contribution in [0.4, 0.5) is 5.69 Å². The zero-order valence-electron chi connectivity index (χ0n) is 16.8. The third kappa shape index (κ3) is 3.39. The minimum absolute atomic E-state index is 0.0331. The van der Waals surface area contributed by atoms with Crippen molar-refractivity contribution < 1.29 is 9.59 Å². The smallest absolute Gasteiger partial charge is 0.249 e. The summed E-state index contributed by atoms with van der Waals surface area (Å²) in [7, 11) is 1.80. The molecule has 1 aromatic rings. The van der Waals surface area contributed by atoms with Crippen molar-refractivity contribution in [2.75, 3.05) is 11.9 Å². The predicted molar refractivity (Wildman–Crippen MR) is 107 cm³/mol. The van der Waals surface area contributed by atoms with Gasteiger partial charge in [-0.1, -0.05) is 32.0 Å². The highest BCUT2D eigenvalue weighted by Gasteiger charge is 2.55. The number of carbonyl (C=O) groups excluding carboxylic acids is 2. The van der Waals surface area contributed by atoms with E-state index in [-0.39, 0.29) is 23.1 Å². The first-order valence-corrected chi connectivity index (χ1v) is 10.5. The van der Waals surface area contributed by atoms with Crippen LogP contribution in [0.25, 0.3) is 0 Å². The third-order valence-electron chi connectivity index (χ3n) is 7.21. The third-order valence-corrected chi connectivity index (χ3v) is 7.21. The molecule has 1 aromatic carbocycles. The van der Waals surface area contributed by atoms with E-state index in [1.165, 1.54) is 19.3 Å². The summed E-state index contributed by atoms with van der Waals surface area (Å²) in [5, 5.41) is 3.19. The fraction of sp³-hybridized carbons (Fsp3) is 0.652. The minimum Gasteiger partial charge on any atom is -0.344 e. The second-order valence-corrected chi connectivity index (χ2v) is 9.63. The number of hydrogen-bond acceptors (Lipinski definition) is 2. The van der Waals surface area contributed by atoms with Gasteiger partial charge in [0.1, 0.15) is 6.04 Å². The molecule has 4 saturated carbocycles. The second kappa shape index (κ2) is 6.96. The number of benzene rings is 1. The molecule has 0 heterocycles. The molecule has 146 valence electrons. The number of hydrogen-bond donors (Lipinski definition) is 1. The Morgan fingerprint density at radius 1 is 1.00 bits per heavy atom. The molecule has 0 saturated heterocycles. The van der Waals surface area contributed by atoms with E-state index in [2.05, 4.69) is 5.32 Å². The van der Waals surface area contributed by atoms with Gasteiger partial charge in [-0.25, -0.2) is 0 Å². The van der Waals surface area contributed by atoms with Gasteiger partial charge in [0.05, 0.1) is 0 Å². The van der Waals surface area contributed by atoms with E-state index in [9.17, 15) is 9.59 Å². The second-order valence-electron chi connectivity index (χ2n) is 9.63. The largest absolute Gasteiger partial charge is 0.344 e. The molecule has 0 unspecified atom stereocenters. The number of nitrogens with zero attached hydrogens (tertiary/aromatic N) is 1. The van der Waals surface area contributed by atoms with E-state index < -0.39 is 6.04 Å². The van der Waals surface area contributed by atoms with E-state index in [1.807, 2.05) is 44.2 Å². The average Bonchev–Trinajstić information content (AvgIpc) is 2.64. The number of para-hydroxylation sites is 1. The molecule has 1 atom stereocenters. The molecule has 0 aromatic heterocycles. The molecule has 0 aliphatic heterocycles. The van der Waals surface area contributed by atoms with Crippen molar-refractivity contribution in [3.05, 3.63) is 30.3 Å². The van der Waals surface area contributed by atoms with Gasteiger partial charge in [-0.2, -0.15) is 0 Å². The van der Waals surface area contributed by atoms with Gasteiger partial charge in [0, 0.05) is 18.2 Å². The normalized spacial score (nSPS) is 32.4. The van der Waals surface area contributed by atoms with Gasteiger partial charge in [-0.15, -0.1) is 0 Å². The molecule has 5 rings (SSSR count). The van der Waals surface area contributed by atoms with E-state index in [4.69, 9.17) is 0 Å². The van der Waals surface area contributed by atoms with Crippen LogP contribution < -0.4 is 10.2 Å². The summed E-state index contributed by atoms with van der Waals surface area (Å²) in [6.45, 7) is 4.03. The van der Waals surface area contributed by atoms with E-state index >= 15 is 0 Å². The monoisotopic (exact) mass is 368 g/mol. The number of carbonyl (C=O) groups is 2. The maximum atomic E-state index is 13.4. The van der Waals surface area contributed by atoms with E-state index in [0.29, 0.717) is 0 Å². The van der Waals surface area contributed by atoms with Crippen molar-refractivity contribution >= 4 is 17.5 Å². The van der Waals surface area contributed by atoms with Crippen LogP contribution in [0.3, 0.4) is 0 Å². The summed E-state index contributed by atoms with van der Waals surface area (Å²) in [6, 6.07) is 9.17. The number of likely N-dealkylation sites (N-methyl/N-ethyl adjacent to an activating group) is 1. The van der Waals surface area contributed by atoms with Crippen LogP contribution in [-0.4, -0.2) is 24.9 Å². The Morgan fingerprint density at radius 3 is 2.00 bits per heavy atom. The van der Waals surface area contributed by atoms with Crippen LogP contribution in [0.5, 0.6) is 0 Å². The molecule has 4 nitrogen and oxygen atoms in total. The van der Waals surface area contributed by atoms with Crippen LogP contribution in [0.1, 0.15) is 52.4 Å². The highest BCUT2D eigenvalue weighted by Crippen LogP contribution is 2.60. The van der Waals surface area contributed by atoms with Crippen molar-refractivity contribution in [2.24, 2.45) is 29.1 Å². The summed E-state index contributed by atoms with van der Waals surface area (Å²) < 4.78 is 0. The predicted octanol–water partition coefficient (Wildman–Crippen LogP) is 4.01. The molecule has 4 aliphatic rings. The van der Waals surface area contributed by atoms with Gasteiger partial charge in [0.15, 0.2) is 0 Å². The fourth-order valence-electron chi connectivity index (χ4n) is 6.18. The molecular formula is C23H32N2O2. The SMILES string of the molecule is CC(C)[C@H](NC(=O)C12CC3CC(CC(C3)C1)C2)C(=O)N(C)c1ccccc1. The lowest BCUT2D eigenvalue weighted by molar-refractivity contribution is -0.148. The first kappa shape index (κ1) is 18.5. The van der Waals surface area contributed by atoms with Gasteiger partial charge < -0.3 is 10.2 Å². The molecule has 0 spiro atoms. The summed E-state index contributed by atoms with van der Waals surface area (Å²) in [5.41, 5.74) is 0.644. The fourth-order valence-corrected chi connectivity index (χ4v) is 6.18. The quantitative estimate of drug-likeness (QED) is 0.854. The van der Waals surface area contributed by atoms with Gasteiger partial charge in [0.25, 0.3) is 0 Å². The minimum atomic E-state index is -0.476. The highest BCUT2D eigenvalue weighted by atomic mass is 16.2. The zero-order valence-corrected chi connectivity index (χ0v) is 16.8. The Bertz CT molecular complexity index is 677. The molecule has 1 N–H and O–H groups in total. The van der Waals surface area contributed by atoms with Gasteiger partial charge >= 0.3 is 0 Å². The number of nitrogens with one attached hydrogen (secondary N) is 1. The Hall–Kier alpha value is -1.84. The Morgan fingerprint density at radius 2 is 1.52 bits per heavy atom. The molecule has 0 radical (unpaired) electrons. The lowest BCUT2D eigenvalue weighted by Gasteiger charge is -2.56. The van der Waals surface area contributed by atoms with Crippen LogP contribution in [0.15, 0.2) is 30.3 Å². The maximum absolute atomic E-state index is 13.4. The molecule has 4 bridgehead atoms. The average molecular weight is 369 g/mol. The highest BCUT2D eigenvalue weighted by molar-refractivity contribution is 5.99. The van der Waals surface area contributed by atoms with Crippen molar-refractivity contribution in [2.45, 2.75) is 58.4 Å². The molecule has 2 amide bonds. The summed E-state index contributed by atoms with van der Waals surface area (Å²) in [5.74, 6) is 2.33. The van der Waals surface area contributed by atoms with Crippen LogP contribution >= 0.6 is 0 Å². The van der Waals surface area contributed by atoms with Crippen LogP contribution in [0, 0.1) is 29.1 Å². The van der Waals surface area contributed by atoms with Crippen molar-refractivity contribution in [3.8, 4) is 0 Å². The Kier molecular flexibility index (Phi) is 4.77. The van der Waals surface area contributed by atoms with Crippen molar-refractivity contribution in [1.29, 1.82) is 0 Å². The van der Waals surface area contributed by atoms with Crippen LogP contribution in [0.2, 0.25) is 0 Å². The number of anilines is 1. The zero-order chi connectivity index (χ0) is 19.2. The van der Waals surface area contributed by atoms with Crippen molar-refractivity contribution in [3.63, 3.8) is 0 Å². The molecule has 4 aliphatic carbocycles. The van der Waals surface area contributed by atoms with E-state index in [1.54, 1.807) is 11.9 Å². The number of rotatable bonds is 5. The number of amides is 2. The Labute approximate surface area is 162 Å². The van der Waals surface area contributed by atoms with Crippen LogP contribution in [-0.2, 0) is 9.59 Å². The lowest BCUT2D eigenvalue weighted by atomic mass is 9.49. The first-order valence-electron chi connectivity index (χ1n) is 10.5. The summed E-state index contributed by atoms with van der Waals surface area (Å²) in [4.78, 5) is 28.2. The molecular weight excluding hydrogens is 336 g/mol. The molecule has 4 fully saturated rings. The first-order chi connectivity index (χ1) is 12.9. The van der Waals surface area contributed by atoms with E-state index in [0.717, 1.165) is 42.7 Å². The summed E-state index contributed by atoms with van der Waals surface area (Å²) in [6.07, 6.45) is 7.02. The summed E-state index contributed by atoms with van der Waals surface area (Å²) >= 11 is 0. The lowest BCUT2D eigenvalue weighted by Crippen LogP contribution is -2.58. The molecule has 27 heavy (non-hydrogen) atoms. The Balaban J connectivity index is 1.50. The topological polar surface area (TPSA) is 49.4 Å².